The van der Waals surface area contributed by atoms with Gasteiger partial charge in [0.25, 0.3) is 0 Å². The fourth-order valence-corrected chi connectivity index (χ4v) is 3.53. The lowest BCUT2D eigenvalue weighted by Crippen LogP contribution is -2.31. The van der Waals surface area contributed by atoms with Crippen LogP contribution in [0.2, 0.25) is 0 Å². The van der Waals surface area contributed by atoms with Crippen LogP contribution in [0.3, 0.4) is 0 Å². The maximum absolute atomic E-state index is 12.6. The van der Waals surface area contributed by atoms with E-state index in [-0.39, 0.29) is 5.91 Å². The maximum Gasteiger partial charge on any atom is 0.222 e. The second-order valence-electron chi connectivity index (χ2n) is 6.57. The molecule has 1 amide bonds. The third-order valence-electron chi connectivity index (χ3n) is 4.86. The Balaban J connectivity index is 1.31. The fourth-order valence-electron chi connectivity index (χ4n) is 3.53. The molecular weight excluding hydrogens is 312 g/mol. The molecule has 1 aliphatic heterocycles. The average molecular weight is 334 g/mol. The Kier molecular flexibility index (Phi) is 4.37. The number of carbonyl (C=O) groups is 1. The van der Waals surface area contributed by atoms with Crippen LogP contribution >= 0.6 is 0 Å². The highest BCUT2D eigenvalue weighted by Crippen LogP contribution is 2.20. The number of likely N-dealkylation sites (tertiary alicyclic amines) is 1. The molecule has 0 saturated carbocycles. The Hall–Kier alpha value is -2.82. The van der Waals surface area contributed by atoms with Crippen LogP contribution in [-0.2, 0) is 11.2 Å². The standard InChI is InChI=1S/C20H22N4O/c25-20(8-7-15-12-22-19-6-2-1-5-18(15)19)24-11-9-17(14-24)23-16-4-3-10-21-13-16/h1-6,10,12-13,17,22-23H,7-9,11,14H2/t17-/m0/s1. The second kappa shape index (κ2) is 6.97. The minimum absolute atomic E-state index is 0.237. The number of aryl methyl sites for hydroxylation is 1. The van der Waals surface area contributed by atoms with E-state index in [1.165, 1.54) is 10.9 Å². The van der Waals surface area contributed by atoms with Crippen molar-refractivity contribution in [3.8, 4) is 0 Å². The van der Waals surface area contributed by atoms with E-state index in [2.05, 4.69) is 27.4 Å². The number of nitrogens with one attached hydrogen (secondary N) is 2. The topological polar surface area (TPSA) is 61.0 Å². The average Bonchev–Trinajstić information content (AvgIpc) is 3.28. The van der Waals surface area contributed by atoms with Gasteiger partial charge in [0, 0.05) is 55.0 Å². The highest BCUT2D eigenvalue weighted by Gasteiger charge is 2.25. The molecule has 1 saturated heterocycles. The SMILES string of the molecule is O=C(CCc1c[nH]c2ccccc12)N1CC[C@H](Nc2cccnc2)C1. The van der Waals surface area contributed by atoms with Crippen LogP contribution < -0.4 is 5.32 Å². The summed E-state index contributed by atoms with van der Waals surface area (Å²) in [5.41, 5.74) is 3.36. The molecule has 0 bridgehead atoms. The lowest BCUT2D eigenvalue weighted by molar-refractivity contribution is -0.130. The zero-order chi connectivity index (χ0) is 17.1. The predicted octanol–water partition coefficient (Wildman–Crippen LogP) is 3.21. The number of hydrogen-bond donors (Lipinski definition) is 2. The van der Waals surface area contributed by atoms with E-state index in [4.69, 9.17) is 0 Å². The molecule has 1 aliphatic rings. The molecule has 1 fully saturated rings. The first kappa shape index (κ1) is 15.7. The van der Waals surface area contributed by atoms with Crippen LogP contribution in [0.25, 0.3) is 10.9 Å². The molecule has 0 unspecified atom stereocenters. The van der Waals surface area contributed by atoms with Crippen LogP contribution in [0.15, 0.2) is 55.0 Å². The normalized spacial score (nSPS) is 17.1. The number of para-hydroxylation sites is 1. The molecule has 25 heavy (non-hydrogen) atoms. The van der Waals surface area contributed by atoms with Gasteiger partial charge in [0.1, 0.15) is 0 Å². The number of pyridine rings is 1. The molecule has 128 valence electrons. The molecule has 3 aromatic rings. The molecule has 0 spiro atoms. The molecular formula is C20H22N4O. The minimum atomic E-state index is 0.237. The largest absolute Gasteiger partial charge is 0.379 e. The van der Waals surface area contributed by atoms with Gasteiger partial charge in [-0.1, -0.05) is 18.2 Å². The quantitative estimate of drug-likeness (QED) is 0.753. The minimum Gasteiger partial charge on any atom is -0.379 e. The molecule has 2 N–H and O–H groups in total. The van der Waals surface area contributed by atoms with Gasteiger partial charge in [-0.3, -0.25) is 9.78 Å². The lowest BCUT2D eigenvalue weighted by atomic mass is 10.1. The number of rotatable bonds is 5. The van der Waals surface area contributed by atoms with Crippen LogP contribution in [0, 0.1) is 0 Å². The predicted molar refractivity (Wildman–Crippen MR) is 99.5 cm³/mol. The van der Waals surface area contributed by atoms with Crippen molar-refractivity contribution in [2.45, 2.75) is 25.3 Å². The maximum atomic E-state index is 12.6. The third kappa shape index (κ3) is 3.50. The number of hydrogen-bond acceptors (Lipinski definition) is 3. The summed E-state index contributed by atoms with van der Waals surface area (Å²) >= 11 is 0. The number of amides is 1. The first-order chi connectivity index (χ1) is 12.3. The summed E-state index contributed by atoms with van der Waals surface area (Å²) in [6.07, 6.45) is 7.92. The van der Waals surface area contributed by atoms with Gasteiger partial charge in [-0.25, -0.2) is 0 Å². The van der Waals surface area contributed by atoms with Crippen molar-refractivity contribution < 1.29 is 4.79 Å². The molecule has 1 aromatic carbocycles. The van der Waals surface area contributed by atoms with Crippen LogP contribution in [0.5, 0.6) is 0 Å². The Labute approximate surface area is 147 Å². The first-order valence-electron chi connectivity index (χ1n) is 8.79. The van der Waals surface area contributed by atoms with Gasteiger partial charge in [-0.15, -0.1) is 0 Å². The van der Waals surface area contributed by atoms with Crippen molar-refractivity contribution in [3.63, 3.8) is 0 Å². The number of fused-ring (bicyclic) bond motifs is 1. The lowest BCUT2D eigenvalue weighted by Gasteiger charge is -2.17. The zero-order valence-electron chi connectivity index (χ0n) is 14.1. The van der Waals surface area contributed by atoms with Gasteiger partial charge in [0.05, 0.1) is 5.69 Å². The molecule has 4 rings (SSSR count). The van der Waals surface area contributed by atoms with Crippen molar-refractivity contribution >= 4 is 22.5 Å². The van der Waals surface area contributed by atoms with Gasteiger partial charge in [-0.2, -0.15) is 0 Å². The highest BCUT2D eigenvalue weighted by molar-refractivity contribution is 5.84. The smallest absolute Gasteiger partial charge is 0.222 e. The van der Waals surface area contributed by atoms with Crippen molar-refractivity contribution in [1.82, 2.24) is 14.9 Å². The van der Waals surface area contributed by atoms with E-state index in [1.54, 1.807) is 6.20 Å². The number of H-pyrrole nitrogens is 1. The van der Waals surface area contributed by atoms with Gasteiger partial charge < -0.3 is 15.2 Å². The Morgan fingerprint density at radius 3 is 3.08 bits per heavy atom. The Morgan fingerprint density at radius 2 is 2.20 bits per heavy atom. The highest BCUT2D eigenvalue weighted by atomic mass is 16.2. The van der Waals surface area contributed by atoms with E-state index < -0.39 is 0 Å². The van der Waals surface area contributed by atoms with Gasteiger partial charge in [-0.05, 0) is 36.6 Å². The number of benzene rings is 1. The van der Waals surface area contributed by atoms with Gasteiger partial charge >= 0.3 is 0 Å². The van der Waals surface area contributed by atoms with E-state index in [9.17, 15) is 4.79 Å². The molecule has 5 nitrogen and oxygen atoms in total. The van der Waals surface area contributed by atoms with Crippen molar-refractivity contribution in [1.29, 1.82) is 0 Å². The Morgan fingerprint density at radius 1 is 1.28 bits per heavy atom. The number of carbonyl (C=O) groups excluding carboxylic acids is 1. The van der Waals surface area contributed by atoms with E-state index in [0.717, 1.165) is 37.1 Å². The van der Waals surface area contributed by atoms with Gasteiger partial charge in [0.2, 0.25) is 5.91 Å². The number of nitrogens with zero attached hydrogens (tertiary/aromatic N) is 2. The molecule has 0 aliphatic carbocycles. The zero-order valence-corrected chi connectivity index (χ0v) is 14.1. The number of aromatic amines is 1. The van der Waals surface area contributed by atoms with Crippen LogP contribution in [-0.4, -0.2) is 39.9 Å². The molecule has 5 heteroatoms. The number of aromatic nitrogens is 2. The van der Waals surface area contributed by atoms with E-state index in [1.807, 2.05) is 41.6 Å². The summed E-state index contributed by atoms with van der Waals surface area (Å²) in [5, 5.41) is 4.67. The van der Waals surface area contributed by atoms with Crippen molar-refractivity contribution in [2.75, 3.05) is 18.4 Å². The summed E-state index contributed by atoms with van der Waals surface area (Å²) in [5.74, 6) is 0.237. The molecule has 1 atom stereocenters. The summed E-state index contributed by atoms with van der Waals surface area (Å²) in [6, 6.07) is 12.5. The fraction of sp³-hybridized carbons (Fsp3) is 0.300. The molecule has 3 heterocycles. The first-order valence-corrected chi connectivity index (χ1v) is 8.79. The molecule has 0 radical (unpaired) electrons. The summed E-state index contributed by atoms with van der Waals surface area (Å²) in [4.78, 5) is 21.9. The third-order valence-corrected chi connectivity index (χ3v) is 4.86. The van der Waals surface area contributed by atoms with Crippen LogP contribution in [0.1, 0.15) is 18.4 Å². The molecule has 2 aromatic heterocycles. The Bertz CT molecular complexity index is 858. The summed E-state index contributed by atoms with van der Waals surface area (Å²) in [7, 11) is 0. The second-order valence-corrected chi connectivity index (χ2v) is 6.57. The van der Waals surface area contributed by atoms with Gasteiger partial charge in [0.15, 0.2) is 0 Å². The van der Waals surface area contributed by atoms with E-state index in [0.29, 0.717) is 12.5 Å². The van der Waals surface area contributed by atoms with Crippen molar-refractivity contribution in [3.05, 3.63) is 60.6 Å². The number of anilines is 1. The summed E-state index contributed by atoms with van der Waals surface area (Å²) in [6.45, 7) is 1.59. The summed E-state index contributed by atoms with van der Waals surface area (Å²) < 4.78 is 0. The van der Waals surface area contributed by atoms with E-state index >= 15 is 0 Å². The van der Waals surface area contributed by atoms with Crippen LogP contribution in [0.4, 0.5) is 5.69 Å². The monoisotopic (exact) mass is 334 g/mol. The van der Waals surface area contributed by atoms with Crippen molar-refractivity contribution in [2.24, 2.45) is 0 Å².